The lowest BCUT2D eigenvalue weighted by molar-refractivity contribution is 1.10. The first-order valence-electron chi connectivity index (χ1n) is 4.13. The van der Waals surface area contributed by atoms with E-state index < -0.39 is 0 Å². The van der Waals surface area contributed by atoms with Crippen LogP contribution >= 0.6 is 0 Å². The van der Waals surface area contributed by atoms with Crippen LogP contribution in [0.1, 0.15) is 5.69 Å². The Balaban J connectivity index is 2.45. The number of anilines is 1. The largest absolute Gasteiger partial charge is 0.365 e. The van der Waals surface area contributed by atoms with Gasteiger partial charge in [-0.1, -0.05) is 24.8 Å². The van der Waals surface area contributed by atoms with Crippen LogP contribution in [0, 0.1) is 6.92 Å². The molecule has 0 aliphatic rings. The number of aryl methyl sites for hydroxylation is 1. The van der Waals surface area contributed by atoms with Crippen molar-refractivity contribution in [1.29, 1.82) is 0 Å². The van der Waals surface area contributed by atoms with Crippen molar-refractivity contribution in [2.24, 2.45) is 0 Å². The summed E-state index contributed by atoms with van der Waals surface area (Å²) in [5.74, 6) is 0.800. The Bertz CT molecular complexity index is 305. The summed E-state index contributed by atoms with van der Waals surface area (Å²) in [6.45, 7) is 6.23. The van der Waals surface area contributed by atoms with Gasteiger partial charge in [0.1, 0.15) is 5.82 Å². The van der Waals surface area contributed by atoms with Gasteiger partial charge in [0.05, 0.1) is 11.9 Å². The third-order valence-electron chi connectivity index (χ3n) is 1.43. The molecule has 0 radical (unpaired) electrons. The molecule has 0 saturated carbocycles. The third kappa shape index (κ3) is 3.51. The van der Waals surface area contributed by atoms with Crippen LogP contribution in [0.4, 0.5) is 5.82 Å². The first-order chi connectivity index (χ1) is 6.33. The monoisotopic (exact) mass is 175 g/mol. The molecule has 1 aromatic heterocycles. The van der Waals surface area contributed by atoms with Crippen LogP contribution in [-0.2, 0) is 0 Å². The summed E-state index contributed by atoms with van der Waals surface area (Å²) in [5.41, 5.74) is 0.915. The van der Waals surface area contributed by atoms with Gasteiger partial charge < -0.3 is 5.32 Å². The van der Waals surface area contributed by atoms with Crippen molar-refractivity contribution in [2.75, 3.05) is 11.9 Å². The molecule has 1 heterocycles. The molecule has 0 amide bonds. The highest BCUT2D eigenvalue weighted by Gasteiger charge is 1.90. The van der Waals surface area contributed by atoms with Gasteiger partial charge in [0, 0.05) is 12.7 Å². The molecule has 0 atom stereocenters. The average molecular weight is 175 g/mol. The fourth-order valence-electron chi connectivity index (χ4n) is 0.876. The van der Waals surface area contributed by atoms with Crippen molar-refractivity contribution in [2.45, 2.75) is 6.92 Å². The summed E-state index contributed by atoms with van der Waals surface area (Å²) < 4.78 is 0. The predicted octanol–water partition coefficient (Wildman–Crippen LogP) is 1.94. The predicted molar refractivity (Wildman–Crippen MR) is 54.6 cm³/mol. The van der Waals surface area contributed by atoms with Gasteiger partial charge in [0.25, 0.3) is 0 Å². The van der Waals surface area contributed by atoms with E-state index in [-0.39, 0.29) is 0 Å². The number of nitrogens with one attached hydrogen (secondary N) is 1. The molecule has 0 bridgehead atoms. The Morgan fingerprint density at radius 2 is 2.38 bits per heavy atom. The van der Waals surface area contributed by atoms with Gasteiger partial charge in [-0.15, -0.1) is 0 Å². The highest BCUT2D eigenvalue weighted by Crippen LogP contribution is 1.99. The Labute approximate surface area is 78.2 Å². The minimum atomic E-state index is 0.740. The average Bonchev–Trinajstić information content (AvgIpc) is 2.13. The topological polar surface area (TPSA) is 37.8 Å². The van der Waals surface area contributed by atoms with Crippen molar-refractivity contribution in [3.8, 4) is 0 Å². The zero-order valence-electron chi connectivity index (χ0n) is 7.70. The maximum atomic E-state index is 4.24. The minimum absolute atomic E-state index is 0.740. The molecular weight excluding hydrogens is 162 g/mol. The lowest BCUT2D eigenvalue weighted by Crippen LogP contribution is -2.01. The molecule has 0 aliphatic heterocycles. The van der Waals surface area contributed by atoms with Crippen LogP contribution in [0.2, 0.25) is 0 Å². The molecule has 1 rings (SSSR count). The molecule has 3 heteroatoms. The van der Waals surface area contributed by atoms with Crippen LogP contribution < -0.4 is 5.32 Å². The molecule has 1 aromatic rings. The maximum Gasteiger partial charge on any atom is 0.145 e. The van der Waals surface area contributed by atoms with E-state index in [1.165, 1.54) is 0 Å². The van der Waals surface area contributed by atoms with Gasteiger partial charge in [-0.05, 0) is 6.92 Å². The van der Waals surface area contributed by atoms with Gasteiger partial charge in [-0.3, -0.25) is 4.98 Å². The van der Waals surface area contributed by atoms with Crippen molar-refractivity contribution in [3.05, 3.63) is 42.9 Å². The van der Waals surface area contributed by atoms with E-state index in [1.807, 2.05) is 19.1 Å². The van der Waals surface area contributed by atoms with Crippen LogP contribution in [0.25, 0.3) is 0 Å². The van der Waals surface area contributed by atoms with Crippen LogP contribution in [0.3, 0.4) is 0 Å². The fourth-order valence-corrected chi connectivity index (χ4v) is 0.876. The second-order valence-electron chi connectivity index (χ2n) is 2.59. The Hall–Kier alpha value is -1.64. The maximum absolute atomic E-state index is 4.24. The van der Waals surface area contributed by atoms with Crippen molar-refractivity contribution in [1.82, 2.24) is 9.97 Å². The van der Waals surface area contributed by atoms with E-state index in [1.54, 1.807) is 18.5 Å². The number of hydrogen-bond acceptors (Lipinski definition) is 3. The quantitative estimate of drug-likeness (QED) is 0.710. The van der Waals surface area contributed by atoms with Crippen LogP contribution in [0.15, 0.2) is 37.2 Å². The lowest BCUT2D eigenvalue weighted by Gasteiger charge is -2.01. The molecule has 0 spiro atoms. The zero-order valence-corrected chi connectivity index (χ0v) is 7.70. The molecule has 0 aliphatic carbocycles. The minimum Gasteiger partial charge on any atom is -0.365 e. The van der Waals surface area contributed by atoms with E-state index in [2.05, 4.69) is 21.9 Å². The second kappa shape index (κ2) is 5.09. The van der Waals surface area contributed by atoms with Crippen molar-refractivity contribution < 1.29 is 0 Å². The third-order valence-corrected chi connectivity index (χ3v) is 1.43. The number of allylic oxidation sites excluding steroid dienone is 2. The van der Waals surface area contributed by atoms with Crippen molar-refractivity contribution in [3.63, 3.8) is 0 Å². The first kappa shape index (κ1) is 9.45. The number of hydrogen-bond donors (Lipinski definition) is 1. The molecule has 3 nitrogen and oxygen atoms in total. The molecule has 13 heavy (non-hydrogen) atoms. The van der Waals surface area contributed by atoms with Gasteiger partial charge in [-0.25, -0.2) is 4.98 Å². The molecule has 1 N–H and O–H groups in total. The summed E-state index contributed by atoms with van der Waals surface area (Å²) in [5, 5.41) is 3.11. The molecule has 0 fully saturated rings. The SMILES string of the molecule is C=C/C=C/CNc1cncc(C)n1. The van der Waals surface area contributed by atoms with Gasteiger partial charge in [0.15, 0.2) is 0 Å². The molecule has 68 valence electrons. The molecule has 0 saturated heterocycles. The lowest BCUT2D eigenvalue weighted by atomic mass is 10.4. The highest BCUT2D eigenvalue weighted by molar-refractivity contribution is 5.32. The zero-order chi connectivity index (χ0) is 9.52. The standard InChI is InChI=1S/C10H13N3/c1-3-4-5-6-12-10-8-11-7-9(2)13-10/h3-5,7-8H,1,6H2,2H3,(H,12,13)/b5-4+. The number of rotatable bonds is 4. The summed E-state index contributed by atoms with van der Waals surface area (Å²) in [6, 6.07) is 0. The van der Waals surface area contributed by atoms with Gasteiger partial charge in [-0.2, -0.15) is 0 Å². The van der Waals surface area contributed by atoms with Gasteiger partial charge in [0.2, 0.25) is 0 Å². The van der Waals surface area contributed by atoms with E-state index in [0.29, 0.717) is 0 Å². The number of nitrogens with zero attached hydrogens (tertiary/aromatic N) is 2. The summed E-state index contributed by atoms with van der Waals surface area (Å²) >= 11 is 0. The normalized spacial score (nSPS) is 10.2. The van der Waals surface area contributed by atoms with E-state index in [4.69, 9.17) is 0 Å². The fraction of sp³-hybridized carbons (Fsp3) is 0.200. The molecule has 0 aromatic carbocycles. The highest BCUT2D eigenvalue weighted by atomic mass is 15.0. The Morgan fingerprint density at radius 1 is 1.54 bits per heavy atom. The van der Waals surface area contributed by atoms with Crippen LogP contribution in [0.5, 0.6) is 0 Å². The number of aromatic nitrogens is 2. The molecular formula is C10H13N3. The second-order valence-corrected chi connectivity index (χ2v) is 2.59. The Kier molecular flexibility index (Phi) is 3.70. The molecule has 0 unspecified atom stereocenters. The summed E-state index contributed by atoms with van der Waals surface area (Å²) in [7, 11) is 0. The van der Waals surface area contributed by atoms with E-state index in [0.717, 1.165) is 18.1 Å². The van der Waals surface area contributed by atoms with Crippen LogP contribution in [-0.4, -0.2) is 16.5 Å². The van der Waals surface area contributed by atoms with E-state index >= 15 is 0 Å². The van der Waals surface area contributed by atoms with Crippen molar-refractivity contribution >= 4 is 5.82 Å². The summed E-state index contributed by atoms with van der Waals surface area (Å²) in [4.78, 5) is 8.25. The summed E-state index contributed by atoms with van der Waals surface area (Å²) in [6.07, 6.45) is 9.02. The van der Waals surface area contributed by atoms with Gasteiger partial charge >= 0.3 is 0 Å². The first-order valence-corrected chi connectivity index (χ1v) is 4.13. The Morgan fingerprint density at radius 3 is 3.08 bits per heavy atom. The smallest absolute Gasteiger partial charge is 0.145 e. The van der Waals surface area contributed by atoms with E-state index in [9.17, 15) is 0 Å².